The van der Waals surface area contributed by atoms with Crippen LogP contribution in [-0.2, 0) is 6.42 Å². The van der Waals surface area contributed by atoms with Gasteiger partial charge < -0.3 is 5.11 Å². The average Bonchev–Trinajstić information content (AvgIpc) is 2.47. The SMILES string of the molecule is CCCC(CCC)C(O)Cc1ccc2ccccc2c1. The average molecular weight is 270 g/mol. The van der Waals surface area contributed by atoms with Crippen molar-refractivity contribution in [3.8, 4) is 0 Å². The van der Waals surface area contributed by atoms with Gasteiger partial charge in [0.1, 0.15) is 0 Å². The highest BCUT2D eigenvalue weighted by Crippen LogP contribution is 2.23. The first-order valence-electron chi connectivity index (χ1n) is 7.90. The molecule has 0 spiro atoms. The summed E-state index contributed by atoms with van der Waals surface area (Å²) in [6.45, 7) is 4.40. The van der Waals surface area contributed by atoms with Gasteiger partial charge in [0.25, 0.3) is 0 Å². The van der Waals surface area contributed by atoms with Crippen molar-refractivity contribution < 1.29 is 5.11 Å². The summed E-state index contributed by atoms with van der Waals surface area (Å²) >= 11 is 0. The Morgan fingerprint density at radius 1 is 0.900 bits per heavy atom. The number of rotatable bonds is 7. The van der Waals surface area contributed by atoms with Crippen LogP contribution in [0, 0.1) is 5.92 Å². The molecule has 2 rings (SSSR count). The van der Waals surface area contributed by atoms with Gasteiger partial charge in [0.2, 0.25) is 0 Å². The first kappa shape index (κ1) is 15.1. The fraction of sp³-hybridized carbons (Fsp3) is 0.474. The van der Waals surface area contributed by atoms with Crippen LogP contribution < -0.4 is 0 Å². The monoisotopic (exact) mass is 270 g/mol. The molecule has 108 valence electrons. The highest BCUT2D eigenvalue weighted by Gasteiger charge is 2.17. The zero-order valence-corrected chi connectivity index (χ0v) is 12.7. The highest BCUT2D eigenvalue weighted by atomic mass is 16.3. The van der Waals surface area contributed by atoms with Crippen molar-refractivity contribution in [1.29, 1.82) is 0 Å². The van der Waals surface area contributed by atoms with E-state index in [9.17, 15) is 5.11 Å². The summed E-state index contributed by atoms with van der Waals surface area (Å²) in [7, 11) is 0. The minimum Gasteiger partial charge on any atom is -0.392 e. The molecular formula is C19H26O. The van der Waals surface area contributed by atoms with Crippen LogP contribution in [0.5, 0.6) is 0 Å². The number of fused-ring (bicyclic) bond motifs is 1. The number of benzene rings is 2. The van der Waals surface area contributed by atoms with Gasteiger partial charge in [-0.25, -0.2) is 0 Å². The van der Waals surface area contributed by atoms with E-state index in [0.29, 0.717) is 5.92 Å². The minimum atomic E-state index is -0.212. The van der Waals surface area contributed by atoms with E-state index >= 15 is 0 Å². The molecule has 0 fully saturated rings. The molecule has 2 aromatic rings. The first-order valence-corrected chi connectivity index (χ1v) is 7.90. The van der Waals surface area contributed by atoms with Crippen molar-refractivity contribution in [2.75, 3.05) is 0 Å². The zero-order valence-electron chi connectivity index (χ0n) is 12.7. The van der Waals surface area contributed by atoms with Gasteiger partial charge in [-0.15, -0.1) is 0 Å². The summed E-state index contributed by atoms with van der Waals surface area (Å²) in [5.74, 6) is 0.441. The maximum atomic E-state index is 10.5. The Morgan fingerprint density at radius 2 is 1.55 bits per heavy atom. The predicted octanol–water partition coefficient (Wildman–Crippen LogP) is 4.96. The van der Waals surface area contributed by atoms with Gasteiger partial charge >= 0.3 is 0 Å². The lowest BCUT2D eigenvalue weighted by molar-refractivity contribution is 0.0964. The number of aliphatic hydroxyl groups is 1. The quantitative estimate of drug-likeness (QED) is 0.754. The molecule has 0 aliphatic carbocycles. The van der Waals surface area contributed by atoms with Crippen LogP contribution >= 0.6 is 0 Å². The molecule has 1 atom stereocenters. The van der Waals surface area contributed by atoms with Crippen LogP contribution in [0.2, 0.25) is 0 Å². The molecule has 0 radical (unpaired) electrons. The van der Waals surface area contributed by atoms with Gasteiger partial charge in [-0.05, 0) is 41.5 Å². The number of hydrogen-bond donors (Lipinski definition) is 1. The molecule has 0 aromatic heterocycles. The molecule has 0 aliphatic heterocycles. The van der Waals surface area contributed by atoms with E-state index in [1.165, 1.54) is 16.3 Å². The maximum absolute atomic E-state index is 10.5. The molecule has 0 aliphatic rings. The molecular weight excluding hydrogens is 244 g/mol. The predicted molar refractivity (Wildman–Crippen MR) is 87.0 cm³/mol. The summed E-state index contributed by atoms with van der Waals surface area (Å²) < 4.78 is 0. The Morgan fingerprint density at radius 3 is 2.20 bits per heavy atom. The van der Waals surface area contributed by atoms with E-state index in [1.807, 2.05) is 0 Å². The van der Waals surface area contributed by atoms with Crippen LogP contribution in [0.15, 0.2) is 42.5 Å². The van der Waals surface area contributed by atoms with E-state index in [-0.39, 0.29) is 6.10 Å². The van der Waals surface area contributed by atoms with Gasteiger partial charge in [0.05, 0.1) is 6.10 Å². The molecule has 0 saturated heterocycles. The van der Waals surface area contributed by atoms with Gasteiger partial charge in [0.15, 0.2) is 0 Å². The zero-order chi connectivity index (χ0) is 14.4. The molecule has 0 heterocycles. The first-order chi connectivity index (χ1) is 9.74. The van der Waals surface area contributed by atoms with E-state index in [0.717, 1.165) is 32.1 Å². The third-order valence-corrected chi connectivity index (χ3v) is 4.12. The molecule has 1 N–H and O–H groups in total. The minimum absolute atomic E-state index is 0.212. The molecule has 0 amide bonds. The van der Waals surface area contributed by atoms with Gasteiger partial charge in [-0.2, -0.15) is 0 Å². The van der Waals surface area contributed by atoms with Crippen LogP contribution in [0.1, 0.15) is 45.1 Å². The Kier molecular flexibility index (Phi) is 5.60. The Bertz CT molecular complexity index is 526. The van der Waals surface area contributed by atoms with Crippen molar-refractivity contribution >= 4 is 10.8 Å². The van der Waals surface area contributed by atoms with Gasteiger partial charge in [0, 0.05) is 0 Å². The standard InChI is InChI=1S/C19H26O/c1-3-7-17(8-4-2)19(20)14-15-11-12-16-9-5-6-10-18(16)13-15/h5-6,9-13,17,19-20H,3-4,7-8,14H2,1-2H3. The van der Waals surface area contributed by atoms with Crippen molar-refractivity contribution in [3.63, 3.8) is 0 Å². The fourth-order valence-corrected chi connectivity index (χ4v) is 3.04. The Labute approximate surface area is 122 Å². The number of hydrogen-bond acceptors (Lipinski definition) is 1. The lowest BCUT2D eigenvalue weighted by atomic mass is 9.88. The lowest BCUT2D eigenvalue weighted by Crippen LogP contribution is -2.22. The maximum Gasteiger partial charge on any atom is 0.0608 e. The second-order valence-electron chi connectivity index (χ2n) is 5.79. The molecule has 1 unspecified atom stereocenters. The molecule has 1 heteroatoms. The van der Waals surface area contributed by atoms with Crippen molar-refractivity contribution in [2.24, 2.45) is 5.92 Å². The van der Waals surface area contributed by atoms with Crippen molar-refractivity contribution in [1.82, 2.24) is 0 Å². The summed E-state index contributed by atoms with van der Waals surface area (Å²) in [5, 5.41) is 13.0. The Balaban J connectivity index is 2.09. The smallest absolute Gasteiger partial charge is 0.0608 e. The summed E-state index contributed by atoms with van der Waals surface area (Å²) in [6.07, 6.45) is 5.12. The van der Waals surface area contributed by atoms with Crippen LogP contribution in [0.3, 0.4) is 0 Å². The Hall–Kier alpha value is -1.34. The molecule has 20 heavy (non-hydrogen) atoms. The van der Waals surface area contributed by atoms with Crippen molar-refractivity contribution in [2.45, 2.75) is 52.1 Å². The summed E-state index contributed by atoms with van der Waals surface area (Å²) in [5.41, 5.74) is 1.24. The topological polar surface area (TPSA) is 20.2 Å². The third-order valence-electron chi connectivity index (χ3n) is 4.12. The second-order valence-corrected chi connectivity index (χ2v) is 5.79. The number of aliphatic hydroxyl groups excluding tert-OH is 1. The normalized spacial score (nSPS) is 13.0. The van der Waals surface area contributed by atoms with E-state index in [4.69, 9.17) is 0 Å². The van der Waals surface area contributed by atoms with Gasteiger partial charge in [-0.1, -0.05) is 69.2 Å². The molecule has 2 aromatic carbocycles. The third kappa shape index (κ3) is 3.83. The highest BCUT2D eigenvalue weighted by molar-refractivity contribution is 5.82. The fourth-order valence-electron chi connectivity index (χ4n) is 3.04. The summed E-state index contributed by atoms with van der Waals surface area (Å²) in [4.78, 5) is 0. The van der Waals surface area contributed by atoms with E-state index < -0.39 is 0 Å². The van der Waals surface area contributed by atoms with Crippen LogP contribution in [0.25, 0.3) is 10.8 Å². The lowest BCUT2D eigenvalue weighted by Gasteiger charge is -2.22. The molecule has 1 nitrogen and oxygen atoms in total. The molecule has 0 bridgehead atoms. The second kappa shape index (κ2) is 7.44. The van der Waals surface area contributed by atoms with Crippen LogP contribution in [0.4, 0.5) is 0 Å². The van der Waals surface area contributed by atoms with E-state index in [1.54, 1.807) is 0 Å². The summed E-state index contributed by atoms with van der Waals surface area (Å²) in [6, 6.07) is 14.9. The van der Waals surface area contributed by atoms with Crippen molar-refractivity contribution in [3.05, 3.63) is 48.0 Å². The van der Waals surface area contributed by atoms with Crippen LogP contribution in [-0.4, -0.2) is 11.2 Å². The molecule has 0 saturated carbocycles. The van der Waals surface area contributed by atoms with E-state index in [2.05, 4.69) is 56.3 Å². The largest absolute Gasteiger partial charge is 0.392 e. The van der Waals surface area contributed by atoms with Gasteiger partial charge in [-0.3, -0.25) is 0 Å².